The van der Waals surface area contributed by atoms with Crippen molar-refractivity contribution < 1.29 is 0 Å². The lowest BCUT2D eigenvalue weighted by atomic mass is 9.86. The van der Waals surface area contributed by atoms with Crippen molar-refractivity contribution in [2.75, 3.05) is 0 Å². The van der Waals surface area contributed by atoms with E-state index in [9.17, 15) is 0 Å². The van der Waals surface area contributed by atoms with Crippen LogP contribution in [0.25, 0.3) is 12.2 Å². The monoisotopic (exact) mass is 220 g/mol. The van der Waals surface area contributed by atoms with Crippen LogP contribution < -0.4 is 0 Å². The number of benzene rings is 2. The van der Waals surface area contributed by atoms with Crippen LogP contribution >= 0.6 is 0 Å². The summed E-state index contributed by atoms with van der Waals surface area (Å²) in [7, 11) is 0. The molecule has 0 saturated heterocycles. The summed E-state index contributed by atoms with van der Waals surface area (Å²) < 4.78 is 0. The van der Waals surface area contributed by atoms with Gasteiger partial charge in [-0.15, -0.1) is 0 Å². The first-order valence-corrected chi connectivity index (χ1v) is 6.19. The first kappa shape index (κ1) is 10.3. The van der Waals surface area contributed by atoms with E-state index < -0.39 is 0 Å². The van der Waals surface area contributed by atoms with Gasteiger partial charge in [0.05, 0.1) is 0 Å². The molecule has 0 radical (unpaired) electrons. The molecule has 0 fully saturated rings. The van der Waals surface area contributed by atoms with Gasteiger partial charge in [0.15, 0.2) is 0 Å². The van der Waals surface area contributed by atoms with Crippen LogP contribution in [0.1, 0.15) is 35.1 Å². The zero-order valence-corrected chi connectivity index (χ0v) is 10.1. The summed E-state index contributed by atoms with van der Waals surface area (Å²) in [5, 5.41) is 0. The molecule has 2 aromatic rings. The molecule has 17 heavy (non-hydrogen) atoms. The number of rotatable bonds is 0. The Morgan fingerprint density at radius 1 is 0.824 bits per heavy atom. The van der Waals surface area contributed by atoms with E-state index in [0.717, 1.165) is 6.42 Å². The normalized spacial score (nSPS) is 17.8. The minimum absolute atomic E-state index is 0.581. The van der Waals surface area contributed by atoms with Crippen LogP contribution in [0.2, 0.25) is 0 Å². The quantitative estimate of drug-likeness (QED) is 0.612. The highest BCUT2D eigenvalue weighted by atomic mass is 14.2. The average molecular weight is 220 g/mol. The summed E-state index contributed by atoms with van der Waals surface area (Å²) in [6.07, 6.45) is 5.60. The minimum atomic E-state index is 0.581. The summed E-state index contributed by atoms with van der Waals surface area (Å²) >= 11 is 0. The lowest BCUT2D eigenvalue weighted by molar-refractivity contribution is 0.755. The number of hydrogen-bond acceptors (Lipinski definition) is 0. The summed E-state index contributed by atoms with van der Waals surface area (Å²) in [5.74, 6) is 0.581. The van der Waals surface area contributed by atoms with Crippen molar-refractivity contribution in [3.8, 4) is 0 Å². The Balaban J connectivity index is 2.16. The second-order valence-corrected chi connectivity index (χ2v) is 4.77. The van der Waals surface area contributed by atoms with Gasteiger partial charge in [0.2, 0.25) is 0 Å². The molecule has 0 amide bonds. The predicted molar refractivity (Wildman–Crippen MR) is 73.9 cm³/mol. The van der Waals surface area contributed by atoms with E-state index >= 15 is 0 Å². The zero-order valence-electron chi connectivity index (χ0n) is 10.1. The Bertz CT molecular complexity index is 564. The summed E-state index contributed by atoms with van der Waals surface area (Å²) in [5.41, 5.74) is 5.62. The van der Waals surface area contributed by atoms with E-state index in [1.54, 1.807) is 0 Å². The van der Waals surface area contributed by atoms with E-state index in [-0.39, 0.29) is 0 Å². The summed E-state index contributed by atoms with van der Waals surface area (Å²) in [6.45, 7) is 2.31. The molecule has 0 nitrogen and oxygen atoms in total. The molecule has 0 aromatic heterocycles. The Labute approximate surface area is 103 Å². The van der Waals surface area contributed by atoms with Crippen LogP contribution in [0.15, 0.2) is 48.5 Å². The Morgan fingerprint density at radius 3 is 2.35 bits per heavy atom. The van der Waals surface area contributed by atoms with Crippen LogP contribution in [0.5, 0.6) is 0 Å². The summed E-state index contributed by atoms with van der Waals surface area (Å²) in [4.78, 5) is 0. The highest BCUT2D eigenvalue weighted by Gasteiger charge is 2.13. The van der Waals surface area contributed by atoms with Gasteiger partial charge in [-0.2, -0.15) is 0 Å². The molecular formula is C17H16. The summed E-state index contributed by atoms with van der Waals surface area (Å²) in [6, 6.07) is 17.4. The predicted octanol–water partition coefficient (Wildman–Crippen LogP) is 4.52. The van der Waals surface area contributed by atoms with Gasteiger partial charge in [-0.3, -0.25) is 0 Å². The van der Waals surface area contributed by atoms with Crippen LogP contribution in [-0.4, -0.2) is 0 Å². The maximum atomic E-state index is 2.31. The molecule has 2 aromatic carbocycles. The lowest BCUT2D eigenvalue weighted by Gasteiger charge is -2.18. The minimum Gasteiger partial charge on any atom is -0.0620 e. The molecule has 1 atom stereocenters. The molecule has 84 valence electrons. The number of hydrogen-bond donors (Lipinski definition) is 0. The average Bonchev–Trinajstić information content (AvgIpc) is 2.36. The molecule has 0 spiro atoms. The zero-order chi connectivity index (χ0) is 11.7. The van der Waals surface area contributed by atoms with Crippen molar-refractivity contribution in [3.63, 3.8) is 0 Å². The van der Waals surface area contributed by atoms with Crippen molar-refractivity contribution in [1.82, 2.24) is 0 Å². The van der Waals surface area contributed by atoms with Crippen LogP contribution in [-0.2, 0) is 6.42 Å². The third-order valence-electron chi connectivity index (χ3n) is 3.55. The van der Waals surface area contributed by atoms with Crippen molar-refractivity contribution in [2.24, 2.45) is 0 Å². The fraction of sp³-hybridized carbons (Fsp3) is 0.176. The third-order valence-corrected chi connectivity index (χ3v) is 3.55. The van der Waals surface area contributed by atoms with Gasteiger partial charge >= 0.3 is 0 Å². The molecule has 1 unspecified atom stereocenters. The van der Waals surface area contributed by atoms with Gasteiger partial charge in [0.25, 0.3) is 0 Å². The second-order valence-electron chi connectivity index (χ2n) is 4.77. The molecule has 1 aliphatic carbocycles. The van der Waals surface area contributed by atoms with E-state index in [2.05, 4.69) is 67.6 Å². The van der Waals surface area contributed by atoms with Gasteiger partial charge in [-0.05, 0) is 34.6 Å². The highest BCUT2D eigenvalue weighted by Crippen LogP contribution is 2.29. The lowest BCUT2D eigenvalue weighted by Crippen LogP contribution is -2.03. The Hall–Kier alpha value is -1.82. The SMILES string of the molecule is CC1Cc2ccccc2C=Cc2ccccc21. The van der Waals surface area contributed by atoms with Crippen molar-refractivity contribution >= 4 is 12.2 Å². The fourth-order valence-electron chi connectivity index (χ4n) is 2.61. The first-order chi connectivity index (χ1) is 8.34. The van der Waals surface area contributed by atoms with Crippen molar-refractivity contribution in [1.29, 1.82) is 0 Å². The molecule has 0 saturated carbocycles. The van der Waals surface area contributed by atoms with Gasteiger partial charge in [0.1, 0.15) is 0 Å². The first-order valence-electron chi connectivity index (χ1n) is 6.19. The largest absolute Gasteiger partial charge is 0.0620 e. The Kier molecular flexibility index (Phi) is 2.56. The van der Waals surface area contributed by atoms with Crippen LogP contribution in [0.4, 0.5) is 0 Å². The maximum absolute atomic E-state index is 2.31. The number of fused-ring (bicyclic) bond motifs is 2. The van der Waals surface area contributed by atoms with Gasteiger partial charge in [-0.1, -0.05) is 67.6 Å². The van der Waals surface area contributed by atoms with Gasteiger partial charge < -0.3 is 0 Å². The van der Waals surface area contributed by atoms with Gasteiger partial charge in [0, 0.05) is 0 Å². The molecule has 0 bridgehead atoms. The van der Waals surface area contributed by atoms with Crippen LogP contribution in [0, 0.1) is 0 Å². The van der Waals surface area contributed by atoms with Crippen LogP contribution in [0.3, 0.4) is 0 Å². The second kappa shape index (κ2) is 4.21. The molecule has 1 aliphatic rings. The third kappa shape index (κ3) is 1.91. The molecule has 0 heteroatoms. The van der Waals surface area contributed by atoms with E-state index in [0.29, 0.717) is 5.92 Å². The standard InChI is InChI=1S/C17H16/c1-13-12-16-8-3-2-6-14(16)10-11-15-7-4-5-9-17(13)15/h2-11,13H,12H2,1H3. The maximum Gasteiger partial charge on any atom is -0.0144 e. The molecule has 0 heterocycles. The Morgan fingerprint density at radius 2 is 1.47 bits per heavy atom. The highest BCUT2D eigenvalue weighted by molar-refractivity contribution is 5.73. The molecule has 3 rings (SSSR count). The topological polar surface area (TPSA) is 0 Å². The molecule has 0 N–H and O–H groups in total. The van der Waals surface area contributed by atoms with E-state index in [4.69, 9.17) is 0 Å². The van der Waals surface area contributed by atoms with E-state index in [1.807, 2.05) is 0 Å². The fourth-order valence-corrected chi connectivity index (χ4v) is 2.61. The van der Waals surface area contributed by atoms with Crippen molar-refractivity contribution in [3.05, 3.63) is 70.8 Å². The van der Waals surface area contributed by atoms with E-state index in [1.165, 1.54) is 22.3 Å². The van der Waals surface area contributed by atoms with Gasteiger partial charge in [-0.25, -0.2) is 0 Å². The van der Waals surface area contributed by atoms with Crippen molar-refractivity contribution in [2.45, 2.75) is 19.3 Å². The molecular weight excluding hydrogens is 204 g/mol. The smallest absolute Gasteiger partial charge is 0.0144 e. The molecule has 0 aliphatic heterocycles.